The minimum absolute atomic E-state index is 0.311. The third-order valence-corrected chi connectivity index (χ3v) is 4.87. The van der Waals surface area contributed by atoms with Gasteiger partial charge in [-0.2, -0.15) is 0 Å². The lowest BCUT2D eigenvalue weighted by molar-refractivity contribution is -0.119. The van der Waals surface area contributed by atoms with Crippen molar-refractivity contribution in [2.24, 2.45) is 16.1 Å². The minimum Gasteiger partial charge on any atom is -0.378 e. The van der Waals surface area contributed by atoms with Crippen LogP contribution in [0.15, 0.2) is 4.99 Å². The Labute approximate surface area is 109 Å². The fraction of sp³-hybridized carbons (Fsp3) is 0.929. The van der Waals surface area contributed by atoms with Crippen LogP contribution >= 0.6 is 0 Å². The van der Waals surface area contributed by atoms with E-state index in [0.29, 0.717) is 29.6 Å². The highest BCUT2D eigenvalue weighted by atomic mass is 16.5. The van der Waals surface area contributed by atoms with Crippen LogP contribution in [-0.4, -0.2) is 30.8 Å². The maximum absolute atomic E-state index is 5.99. The highest BCUT2D eigenvalue weighted by Gasteiger charge is 2.57. The maximum Gasteiger partial charge on any atom is 0.189 e. The van der Waals surface area contributed by atoms with E-state index < -0.39 is 0 Å². The predicted molar refractivity (Wildman–Crippen MR) is 72.5 cm³/mol. The van der Waals surface area contributed by atoms with Crippen LogP contribution in [0.1, 0.15) is 51.9 Å². The lowest BCUT2D eigenvalue weighted by Gasteiger charge is -2.52. The standard InChI is InChI=1S/C14H25N3O/c1-2-18-12-9-11(14(12)7-3-4-8-14)17-13(15)16-10-5-6-10/h10-12H,2-9H2,1H3,(H3,15,16,17)/t11-,12+/m1/s1. The maximum atomic E-state index is 5.99. The van der Waals surface area contributed by atoms with Crippen LogP contribution in [0, 0.1) is 5.41 Å². The molecule has 3 aliphatic rings. The Morgan fingerprint density at radius 3 is 2.72 bits per heavy atom. The zero-order valence-corrected chi connectivity index (χ0v) is 11.3. The van der Waals surface area contributed by atoms with Gasteiger partial charge in [0.05, 0.1) is 12.1 Å². The minimum atomic E-state index is 0.311. The lowest BCUT2D eigenvalue weighted by atomic mass is 9.61. The van der Waals surface area contributed by atoms with Gasteiger partial charge in [0.25, 0.3) is 0 Å². The summed E-state index contributed by atoms with van der Waals surface area (Å²) in [5.74, 6) is 0.656. The van der Waals surface area contributed by atoms with Gasteiger partial charge >= 0.3 is 0 Å². The van der Waals surface area contributed by atoms with Gasteiger partial charge < -0.3 is 15.8 Å². The molecule has 0 bridgehead atoms. The quantitative estimate of drug-likeness (QED) is 0.591. The van der Waals surface area contributed by atoms with Gasteiger partial charge in [0.1, 0.15) is 0 Å². The van der Waals surface area contributed by atoms with E-state index in [1.807, 2.05) is 0 Å². The first-order valence-electron chi connectivity index (χ1n) is 7.46. The molecule has 0 aromatic heterocycles. The average molecular weight is 251 g/mol. The molecule has 0 aromatic rings. The topological polar surface area (TPSA) is 59.6 Å². The summed E-state index contributed by atoms with van der Waals surface area (Å²) in [6.07, 6.45) is 9.15. The van der Waals surface area contributed by atoms with Crippen molar-refractivity contribution in [3.63, 3.8) is 0 Å². The highest BCUT2D eigenvalue weighted by molar-refractivity contribution is 5.78. The molecule has 3 N–H and O–H groups in total. The Morgan fingerprint density at radius 2 is 2.11 bits per heavy atom. The van der Waals surface area contributed by atoms with E-state index >= 15 is 0 Å². The number of hydrogen-bond acceptors (Lipinski definition) is 2. The zero-order valence-electron chi connectivity index (χ0n) is 11.3. The van der Waals surface area contributed by atoms with Gasteiger partial charge in [0.15, 0.2) is 5.96 Å². The number of nitrogens with two attached hydrogens (primary N) is 1. The van der Waals surface area contributed by atoms with Gasteiger partial charge in [0, 0.05) is 18.1 Å². The van der Waals surface area contributed by atoms with Crippen LogP contribution < -0.4 is 11.1 Å². The van der Waals surface area contributed by atoms with E-state index in [-0.39, 0.29) is 0 Å². The first-order chi connectivity index (χ1) is 8.74. The summed E-state index contributed by atoms with van der Waals surface area (Å²) in [6, 6.07) is 0.985. The number of aliphatic imine (C=N–C) groups is 1. The molecule has 0 amide bonds. The van der Waals surface area contributed by atoms with E-state index in [1.54, 1.807) is 0 Å². The molecule has 2 atom stereocenters. The summed E-state index contributed by atoms with van der Waals surface area (Å²) < 4.78 is 5.89. The monoisotopic (exact) mass is 251 g/mol. The normalized spacial score (nSPS) is 34.6. The van der Waals surface area contributed by atoms with Crippen molar-refractivity contribution in [3.05, 3.63) is 0 Å². The lowest BCUT2D eigenvalue weighted by Crippen LogP contribution is -2.57. The first-order valence-corrected chi connectivity index (χ1v) is 7.46. The molecule has 1 spiro atoms. The molecule has 4 heteroatoms. The van der Waals surface area contributed by atoms with Crippen molar-refractivity contribution in [2.45, 2.75) is 70.1 Å². The smallest absolute Gasteiger partial charge is 0.189 e. The number of ether oxygens (including phenoxy) is 1. The van der Waals surface area contributed by atoms with Crippen LogP contribution in [0.4, 0.5) is 0 Å². The van der Waals surface area contributed by atoms with Gasteiger partial charge in [-0.05, 0) is 39.0 Å². The number of rotatable bonds is 4. The second-order valence-electron chi connectivity index (χ2n) is 6.07. The van der Waals surface area contributed by atoms with Crippen LogP contribution in [0.25, 0.3) is 0 Å². The van der Waals surface area contributed by atoms with Crippen molar-refractivity contribution >= 4 is 5.96 Å². The Hall–Kier alpha value is -0.770. The zero-order chi connectivity index (χ0) is 12.6. The number of nitrogens with zero attached hydrogens (tertiary/aromatic N) is 1. The van der Waals surface area contributed by atoms with E-state index in [2.05, 4.69) is 12.2 Å². The molecular formula is C14H25N3O. The molecular weight excluding hydrogens is 226 g/mol. The Balaban J connectivity index is 1.65. The fourth-order valence-electron chi connectivity index (χ4n) is 3.67. The molecule has 3 rings (SSSR count). The summed E-state index contributed by atoms with van der Waals surface area (Å²) in [7, 11) is 0. The predicted octanol–water partition coefficient (Wildman–Crippen LogP) is 1.79. The molecule has 3 fully saturated rings. The summed E-state index contributed by atoms with van der Waals surface area (Å²) in [5.41, 5.74) is 6.30. The van der Waals surface area contributed by atoms with E-state index in [9.17, 15) is 0 Å². The number of hydrogen-bond donors (Lipinski definition) is 2. The van der Waals surface area contributed by atoms with Gasteiger partial charge in [-0.1, -0.05) is 12.8 Å². The molecule has 18 heavy (non-hydrogen) atoms. The Bertz CT molecular complexity index is 332. The van der Waals surface area contributed by atoms with Crippen molar-refractivity contribution < 1.29 is 4.74 Å². The number of nitrogens with one attached hydrogen (secondary N) is 1. The van der Waals surface area contributed by atoms with Gasteiger partial charge in [0.2, 0.25) is 0 Å². The van der Waals surface area contributed by atoms with Crippen LogP contribution in [0.3, 0.4) is 0 Å². The SMILES string of the molecule is CCO[C@H]1C[C@@H](N=C(N)NC2CC2)C12CCCC2. The molecule has 102 valence electrons. The summed E-state index contributed by atoms with van der Waals surface area (Å²) in [6.45, 7) is 2.90. The highest BCUT2D eigenvalue weighted by Crippen LogP contribution is 2.56. The second-order valence-corrected chi connectivity index (χ2v) is 6.07. The van der Waals surface area contributed by atoms with Gasteiger partial charge in [-0.3, -0.25) is 0 Å². The summed E-state index contributed by atoms with van der Waals surface area (Å²) in [5, 5.41) is 3.29. The van der Waals surface area contributed by atoms with Crippen molar-refractivity contribution in [3.8, 4) is 0 Å². The Morgan fingerprint density at radius 1 is 1.39 bits per heavy atom. The van der Waals surface area contributed by atoms with Crippen molar-refractivity contribution in [1.29, 1.82) is 0 Å². The molecule has 0 aromatic carbocycles. The molecule has 0 saturated heterocycles. The van der Waals surface area contributed by atoms with Crippen LogP contribution in [-0.2, 0) is 4.74 Å². The van der Waals surface area contributed by atoms with E-state index in [0.717, 1.165) is 13.0 Å². The average Bonchev–Trinajstić information content (AvgIpc) is 2.98. The molecule has 0 radical (unpaired) electrons. The third-order valence-electron chi connectivity index (χ3n) is 4.87. The molecule has 0 heterocycles. The van der Waals surface area contributed by atoms with Crippen LogP contribution in [0.2, 0.25) is 0 Å². The molecule has 3 aliphatic carbocycles. The first kappa shape index (κ1) is 12.3. The Kier molecular flexibility index (Phi) is 3.22. The van der Waals surface area contributed by atoms with Gasteiger partial charge in [-0.25, -0.2) is 4.99 Å². The largest absolute Gasteiger partial charge is 0.378 e. The fourth-order valence-corrected chi connectivity index (χ4v) is 3.67. The van der Waals surface area contributed by atoms with Gasteiger partial charge in [-0.15, -0.1) is 0 Å². The van der Waals surface area contributed by atoms with Crippen molar-refractivity contribution in [1.82, 2.24) is 5.32 Å². The number of guanidine groups is 1. The van der Waals surface area contributed by atoms with Crippen molar-refractivity contribution in [2.75, 3.05) is 6.61 Å². The molecule has 0 unspecified atom stereocenters. The van der Waals surface area contributed by atoms with Crippen LogP contribution in [0.5, 0.6) is 0 Å². The summed E-state index contributed by atoms with van der Waals surface area (Å²) >= 11 is 0. The molecule has 0 aliphatic heterocycles. The molecule has 3 saturated carbocycles. The van der Waals surface area contributed by atoms with E-state index in [4.69, 9.17) is 15.5 Å². The van der Waals surface area contributed by atoms with E-state index in [1.165, 1.54) is 38.5 Å². The third kappa shape index (κ3) is 2.11. The summed E-state index contributed by atoms with van der Waals surface area (Å²) in [4.78, 5) is 4.73. The molecule has 4 nitrogen and oxygen atoms in total. The second kappa shape index (κ2) is 4.72.